The van der Waals surface area contributed by atoms with E-state index >= 15 is 0 Å². The number of nitrogens with zero attached hydrogens (tertiary/aromatic N) is 2. The van der Waals surface area contributed by atoms with Crippen LogP contribution >= 0.6 is 11.3 Å². The number of Topliss-reactive ketones (excluding diaryl/α,β-unsaturated/α-hetero) is 1. The first-order chi connectivity index (χ1) is 13.6. The van der Waals surface area contributed by atoms with E-state index in [0.29, 0.717) is 28.7 Å². The molecule has 0 N–H and O–H groups in total. The Kier molecular flexibility index (Phi) is 6.12. The van der Waals surface area contributed by atoms with Crippen LogP contribution in [0.2, 0.25) is 0 Å². The van der Waals surface area contributed by atoms with E-state index in [2.05, 4.69) is 11.1 Å². The molecular weight excluding hydrogens is 376 g/mol. The minimum atomic E-state index is -0.862. The fourth-order valence-corrected chi connectivity index (χ4v) is 4.01. The third kappa shape index (κ3) is 3.92. The van der Waals surface area contributed by atoms with Crippen molar-refractivity contribution in [2.75, 3.05) is 21.3 Å². The fraction of sp³-hybridized carbons (Fsp3) is 0.286. The molecule has 0 amide bonds. The lowest BCUT2D eigenvalue weighted by Crippen LogP contribution is -2.11. The van der Waals surface area contributed by atoms with E-state index in [9.17, 15) is 10.1 Å². The van der Waals surface area contributed by atoms with Crippen LogP contribution in [0.1, 0.15) is 22.9 Å². The number of para-hydroxylation sites is 1. The van der Waals surface area contributed by atoms with Crippen molar-refractivity contribution in [3.8, 4) is 23.3 Å². The van der Waals surface area contributed by atoms with Crippen LogP contribution in [0.25, 0.3) is 10.2 Å². The van der Waals surface area contributed by atoms with Gasteiger partial charge in [-0.15, -0.1) is 11.3 Å². The van der Waals surface area contributed by atoms with Crippen molar-refractivity contribution in [3.05, 3.63) is 47.0 Å². The van der Waals surface area contributed by atoms with Crippen LogP contribution in [0, 0.1) is 11.3 Å². The van der Waals surface area contributed by atoms with Crippen molar-refractivity contribution in [1.82, 2.24) is 4.98 Å². The maximum Gasteiger partial charge on any atom is 0.203 e. The Labute approximate surface area is 167 Å². The first-order valence-electron chi connectivity index (χ1n) is 8.68. The smallest absolute Gasteiger partial charge is 0.203 e. The number of aromatic nitrogens is 1. The Balaban J connectivity index is 1.78. The number of ketones is 1. The number of carbonyl (C=O) groups excluding carboxylic acids is 1. The molecule has 0 fully saturated rings. The van der Waals surface area contributed by atoms with Gasteiger partial charge in [-0.25, -0.2) is 4.98 Å². The summed E-state index contributed by atoms with van der Waals surface area (Å²) in [6, 6.07) is 13.4. The molecule has 2 aromatic carbocycles. The highest BCUT2D eigenvalue weighted by Crippen LogP contribution is 2.38. The Morgan fingerprint density at radius 1 is 1.14 bits per heavy atom. The van der Waals surface area contributed by atoms with Gasteiger partial charge in [-0.3, -0.25) is 4.79 Å². The van der Waals surface area contributed by atoms with Gasteiger partial charge in [-0.1, -0.05) is 12.1 Å². The molecular formula is C21H20N2O4S. The zero-order chi connectivity index (χ0) is 20.1. The second kappa shape index (κ2) is 8.72. The van der Waals surface area contributed by atoms with Crippen LogP contribution in [-0.2, 0) is 11.2 Å². The number of hydrogen-bond acceptors (Lipinski definition) is 7. The molecule has 1 heterocycles. The van der Waals surface area contributed by atoms with Crippen molar-refractivity contribution in [2.45, 2.75) is 18.8 Å². The molecule has 1 unspecified atom stereocenters. The van der Waals surface area contributed by atoms with Crippen LogP contribution in [-0.4, -0.2) is 32.1 Å². The highest BCUT2D eigenvalue weighted by molar-refractivity contribution is 7.18. The first-order valence-corrected chi connectivity index (χ1v) is 9.49. The van der Waals surface area contributed by atoms with E-state index in [-0.39, 0.29) is 12.2 Å². The molecule has 0 aliphatic heterocycles. The van der Waals surface area contributed by atoms with Crippen LogP contribution in [0.15, 0.2) is 36.4 Å². The van der Waals surface area contributed by atoms with E-state index in [1.807, 2.05) is 36.4 Å². The van der Waals surface area contributed by atoms with Gasteiger partial charge in [0, 0.05) is 6.42 Å². The number of aryl methyl sites for hydroxylation is 1. The molecule has 6 nitrogen and oxygen atoms in total. The molecule has 1 aromatic heterocycles. The van der Waals surface area contributed by atoms with Crippen molar-refractivity contribution in [1.29, 1.82) is 5.26 Å². The number of fused-ring (bicyclic) bond motifs is 1. The highest BCUT2D eigenvalue weighted by Gasteiger charge is 2.24. The minimum Gasteiger partial charge on any atom is -0.493 e. The Morgan fingerprint density at radius 3 is 2.39 bits per heavy atom. The maximum atomic E-state index is 12.7. The molecule has 0 aliphatic carbocycles. The second-order valence-electron chi connectivity index (χ2n) is 6.08. The lowest BCUT2D eigenvalue weighted by atomic mass is 9.99. The molecule has 0 spiro atoms. The van der Waals surface area contributed by atoms with Crippen LogP contribution in [0.4, 0.5) is 0 Å². The van der Waals surface area contributed by atoms with Gasteiger partial charge < -0.3 is 14.2 Å². The summed E-state index contributed by atoms with van der Waals surface area (Å²) in [5.41, 5.74) is 1.67. The van der Waals surface area contributed by atoms with Crippen molar-refractivity contribution in [2.24, 2.45) is 0 Å². The van der Waals surface area contributed by atoms with E-state index in [1.165, 1.54) is 11.3 Å². The van der Waals surface area contributed by atoms with Crippen molar-refractivity contribution in [3.63, 3.8) is 0 Å². The maximum absolute atomic E-state index is 12.7. The summed E-state index contributed by atoms with van der Waals surface area (Å²) in [5, 5.41) is 10.1. The summed E-state index contributed by atoms with van der Waals surface area (Å²) >= 11 is 1.39. The van der Waals surface area contributed by atoms with Crippen LogP contribution < -0.4 is 14.2 Å². The lowest BCUT2D eigenvalue weighted by Gasteiger charge is -2.14. The number of ether oxygens (including phenoxy) is 3. The quantitative estimate of drug-likeness (QED) is 0.569. The fourth-order valence-electron chi connectivity index (χ4n) is 2.97. The third-order valence-corrected chi connectivity index (χ3v) is 5.49. The number of rotatable bonds is 8. The van der Waals surface area contributed by atoms with Gasteiger partial charge in [0.25, 0.3) is 0 Å². The lowest BCUT2D eigenvalue weighted by molar-refractivity contribution is -0.119. The van der Waals surface area contributed by atoms with Gasteiger partial charge in [-0.05, 0) is 36.2 Å². The molecule has 0 bridgehead atoms. The van der Waals surface area contributed by atoms with Gasteiger partial charge in [-0.2, -0.15) is 5.26 Å². The Morgan fingerprint density at radius 2 is 1.82 bits per heavy atom. The zero-order valence-electron chi connectivity index (χ0n) is 15.9. The minimum absolute atomic E-state index is 0.157. The summed E-state index contributed by atoms with van der Waals surface area (Å²) < 4.78 is 17.0. The van der Waals surface area contributed by atoms with E-state index in [4.69, 9.17) is 14.2 Å². The molecule has 0 saturated carbocycles. The normalized spacial score (nSPS) is 11.6. The van der Waals surface area contributed by atoms with Gasteiger partial charge in [0.1, 0.15) is 5.01 Å². The first kappa shape index (κ1) is 19.6. The predicted molar refractivity (Wildman–Crippen MR) is 107 cm³/mol. The molecule has 1 atom stereocenters. The highest BCUT2D eigenvalue weighted by atomic mass is 32.1. The average molecular weight is 396 g/mol. The summed E-state index contributed by atoms with van der Waals surface area (Å²) in [7, 11) is 4.63. The standard InChI is InChI=1S/C21H20N2O4S/c1-25-17-10-13(11-18(26-2)20(17)27-3)8-9-16(24)14(12-22)21-23-15-6-4-5-7-19(15)28-21/h4-7,10-11,14H,8-9H2,1-3H3. The largest absolute Gasteiger partial charge is 0.493 e. The number of methoxy groups -OCH3 is 3. The van der Waals surface area contributed by atoms with Gasteiger partial charge in [0.15, 0.2) is 23.2 Å². The Hall–Kier alpha value is -3.11. The summed E-state index contributed by atoms with van der Waals surface area (Å²) in [4.78, 5) is 17.2. The van der Waals surface area contributed by atoms with Crippen molar-refractivity contribution < 1.29 is 19.0 Å². The molecule has 144 valence electrons. The number of hydrogen-bond donors (Lipinski definition) is 0. The van der Waals surface area contributed by atoms with Gasteiger partial charge >= 0.3 is 0 Å². The monoisotopic (exact) mass is 396 g/mol. The second-order valence-corrected chi connectivity index (χ2v) is 7.14. The Bertz CT molecular complexity index is 980. The van der Waals surface area contributed by atoms with Crippen LogP contribution in [0.3, 0.4) is 0 Å². The van der Waals surface area contributed by atoms with E-state index in [0.717, 1.165) is 15.8 Å². The van der Waals surface area contributed by atoms with Gasteiger partial charge in [0.05, 0.1) is 37.6 Å². The molecule has 0 aliphatic rings. The number of carbonyl (C=O) groups is 1. The van der Waals surface area contributed by atoms with Crippen molar-refractivity contribution >= 4 is 27.3 Å². The van der Waals surface area contributed by atoms with E-state index < -0.39 is 5.92 Å². The number of nitriles is 1. The topological polar surface area (TPSA) is 81.4 Å². The van der Waals surface area contributed by atoms with Crippen LogP contribution in [0.5, 0.6) is 17.2 Å². The predicted octanol–water partition coefficient (Wildman–Crippen LogP) is 4.13. The molecule has 3 aromatic rings. The summed E-state index contributed by atoms with van der Waals surface area (Å²) in [5.74, 6) is 0.554. The van der Waals surface area contributed by atoms with E-state index in [1.54, 1.807) is 21.3 Å². The molecule has 0 radical (unpaired) electrons. The summed E-state index contributed by atoms with van der Waals surface area (Å²) in [6.07, 6.45) is 0.672. The molecule has 28 heavy (non-hydrogen) atoms. The molecule has 3 rings (SSSR count). The molecule has 7 heteroatoms. The average Bonchev–Trinajstić information content (AvgIpc) is 3.15. The number of thiazole rings is 1. The summed E-state index contributed by atoms with van der Waals surface area (Å²) in [6.45, 7) is 0. The van der Waals surface area contributed by atoms with Gasteiger partial charge in [0.2, 0.25) is 5.75 Å². The number of benzene rings is 2. The molecule has 0 saturated heterocycles. The third-order valence-electron chi connectivity index (χ3n) is 4.39. The SMILES string of the molecule is COc1cc(CCC(=O)C(C#N)c2nc3ccccc3s2)cc(OC)c1OC. The zero-order valence-corrected chi connectivity index (χ0v) is 16.7.